The SMILES string of the molecule is Cc1ccccc1CSCC(=O)Nc1cc(N)ccc1C. The molecule has 0 bridgehead atoms. The van der Waals surface area contributed by atoms with Gasteiger partial charge in [-0.05, 0) is 42.7 Å². The van der Waals surface area contributed by atoms with E-state index in [4.69, 9.17) is 5.73 Å². The van der Waals surface area contributed by atoms with Crippen molar-refractivity contribution in [2.45, 2.75) is 19.6 Å². The van der Waals surface area contributed by atoms with Crippen LogP contribution in [0.4, 0.5) is 11.4 Å². The Morgan fingerprint density at radius 1 is 1.14 bits per heavy atom. The van der Waals surface area contributed by atoms with E-state index in [1.54, 1.807) is 17.8 Å². The van der Waals surface area contributed by atoms with Crippen LogP contribution in [0.2, 0.25) is 0 Å². The molecule has 2 aromatic carbocycles. The van der Waals surface area contributed by atoms with Crippen LogP contribution in [-0.2, 0) is 10.5 Å². The predicted octanol–water partition coefficient (Wildman–Crippen LogP) is 3.76. The van der Waals surface area contributed by atoms with Gasteiger partial charge in [0.15, 0.2) is 0 Å². The Morgan fingerprint density at radius 2 is 1.90 bits per heavy atom. The molecule has 0 aliphatic heterocycles. The molecule has 0 unspecified atom stereocenters. The first kappa shape index (κ1) is 15.4. The van der Waals surface area contributed by atoms with E-state index < -0.39 is 0 Å². The lowest BCUT2D eigenvalue weighted by molar-refractivity contribution is -0.113. The smallest absolute Gasteiger partial charge is 0.234 e. The van der Waals surface area contributed by atoms with Crippen molar-refractivity contribution in [2.24, 2.45) is 0 Å². The molecule has 0 fully saturated rings. The van der Waals surface area contributed by atoms with Crippen molar-refractivity contribution in [1.29, 1.82) is 0 Å². The minimum Gasteiger partial charge on any atom is -0.399 e. The first-order chi connectivity index (χ1) is 10.1. The maximum absolute atomic E-state index is 12.0. The van der Waals surface area contributed by atoms with Crippen molar-refractivity contribution in [1.82, 2.24) is 0 Å². The van der Waals surface area contributed by atoms with Crippen molar-refractivity contribution in [3.05, 3.63) is 59.2 Å². The standard InChI is InChI=1S/C17H20N2OS/c1-12-5-3-4-6-14(12)10-21-11-17(20)19-16-9-15(18)8-7-13(16)2/h3-9H,10-11,18H2,1-2H3,(H,19,20). The summed E-state index contributed by atoms with van der Waals surface area (Å²) < 4.78 is 0. The minimum absolute atomic E-state index is 0.00211. The molecular formula is C17H20N2OS. The third kappa shape index (κ3) is 4.53. The second kappa shape index (κ2) is 7.18. The molecule has 2 rings (SSSR count). The van der Waals surface area contributed by atoms with E-state index in [1.165, 1.54) is 11.1 Å². The molecule has 21 heavy (non-hydrogen) atoms. The molecule has 3 N–H and O–H groups in total. The monoisotopic (exact) mass is 300 g/mol. The van der Waals surface area contributed by atoms with Gasteiger partial charge in [-0.1, -0.05) is 30.3 Å². The Balaban J connectivity index is 1.85. The second-order valence-electron chi connectivity index (χ2n) is 5.04. The zero-order chi connectivity index (χ0) is 15.2. The zero-order valence-corrected chi connectivity index (χ0v) is 13.2. The summed E-state index contributed by atoms with van der Waals surface area (Å²) in [5.41, 5.74) is 10.7. The highest BCUT2D eigenvalue weighted by atomic mass is 32.2. The number of anilines is 2. The summed E-state index contributed by atoms with van der Waals surface area (Å²) in [5, 5.41) is 2.91. The number of nitrogens with two attached hydrogens (primary N) is 1. The lowest BCUT2D eigenvalue weighted by Crippen LogP contribution is -2.15. The van der Waals surface area contributed by atoms with Crippen LogP contribution in [-0.4, -0.2) is 11.7 Å². The number of aryl methyl sites for hydroxylation is 2. The average molecular weight is 300 g/mol. The molecule has 0 spiro atoms. The molecule has 0 saturated carbocycles. The lowest BCUT2D eigenvalue weighted by Gasteiger charge is -2.09. The van der Waals surface area contributed by atoms with Crippen molar-refractivity contribution in [2.75, 3.05) is 16.8 Å². The van der Waals surface area contributed by atoms with Crippen molar-refractivity contribution < 1.29 is 4.79 Å². The third-order valence-corrected chi connectivity index (χ3v) is 4.27. The van der Waals surface area contributed by atoms with Gasteiger partial charge < -0.3 is 11.1 Å². The summed E-state index contributed by atoms with van der Waals surface area (Å²) >= 11 is 1.61. The lowest BCUT2D eigenvalue weighted by atomic mass is 10.1. The minimum atomic E-state index is 0.00211. The van der Waals surface area contributed by atoms with Crippen molar-refractivity contribution in [3.8, 4) is 0 Å². The maximum atomic E-state index is 12.0. The number of benzene rings is 2. The molecule has 2 aromatic rings. The van der Waals surface area contributed by atoms with Gasteiger partial charge in [0.25, 0.3) is 0 Å². The number of hydrogen-bond donors (Lipinski definition) is 2. The zero-order valence-electron chi connectivity index (χ0n) is 12.3. The van der Waals surface area contributed by atoms with Gasteiger partial charge in [0, 0.05) is 17.1 Å². The van der Waals surface area contributed by atoms with E-state index in [1.807, 2.05) is 31.2 Å². The molecular weight excluding hydrogens is 280 g/mol. The topological polar surface area (TPSA) is 55.1 Å². The number of carbonyl (C=O) groups excluding carboxylic acids is 1. The molecule has 0 atom stereocenters. The fourth-order valence-electron chi connectivity index (χ4n) is 1.99. The summed E-state index contributed by atoms with van der Waals surface area (Å²) in [6.45, 7) is 4.04. The quantitative estimate of drug-likeness (QED) is 0.827. The highest BCUT2D eigenvalue weighted by Crippen LogP contribution is 2.19. The summed E-state index contributed by atoms with van der Waals surface area (Å²) in [4.78, 5) is 12.0. The van der Waals surface area contributed by atoms with Crippen LogP contribution in [0.25, 0.3) is 0 Å². The molecule has 3 nitrogen and oxygen atoms in total. The molecule has 110 valence electrons. The Kier molecular flexibility index (Phi) is 5.28. The predicted molar refractivity (Wildman–Crippen MR) is 91.6 cm³/mol. The highest BCUT2D eigenvalue weighted by molar-refractivity contribution is 7.99. The number of amides is 1. The van der Waals surface area contributed by atoms with E-state index in [0.717, 1.165) is 17.0 Å². The molecule has 1 amide bonds. The summed E-state index contributed by atoms with van der Waals surface area (Å²) in [5.74, 6) is 1.28. The van der Waals surface area contributed by atoms with Gasteiger partial charge in [0.2, 0.25) is 5.91 Å². The highest BCUT2D eigenvalue weighted by Gasteiger charge is 2.06. The maximum Gasteiger partial charge on any atom is 0.234 e. The van der Waals surface area contributed by atoms with Gasteiger partial charge >= 0.3 is 0 Å². The number of carbonyl (C=O) groups is 1. The normalized spacial score (nSPS) is 10.4. The summed E-state index contributed by atoms with van der Waals surface area (Å²) in [6.07, 6.45) is 0. The van der Waals surface area contributed by atoms with E-state index in [2.05, 4.69) is 24.4 Å². The van der Waals surface area contributed by atoms with Crippen molar-refractivity contribution in [3.63, 3.8) is 0 Å². The molecule has 0 aliphatic carbocycles. The fourth-order valence-corrected chi connectivity index (χ4v) is 2.89. The van der Waals surface area contributed by atoms with Crippen LogP contribution in [0.15, 0.2) is 42.5 Å². The Morgan fingerprint density at radius 3 is 2.67 bits per heavy atom. The van der Waals surface area contributed by atoms with Crippen LogP contribution in [0.1, 0.15) is 16.7 Å². The van der Waals surface area contributed by atoms with Crippen molar-refractivity contribution >= 4 is 29.0 Å². The van der Waals surface area contributed by atoms with E-state index in [-0.39, 0.29) is 5.91 Å². The molecule has 0 aromatic heterocycles. The average Bonchev–Trinajstić information content (AvgIpc) is 2.45. The Labute approximate surface area is 129 Å². The van der Waals surface area contributed by atoms with Gasteiger partial charge in [-0.25, -0.2) is 0 Å². The number of nitrogen functional groups attached to an aromatic ring is 1. The molecule has 0 heterocycles. The molecule has 0 saturated heterocycles. The van der Waals surface area contributed by atoms with Gasteiger partial charge in [0.1, 0.15) is 0 Å². The molecule has 0 aliphatic rings. The number of nitrogens with one attached hydrogen (secondary N) is 1. The van der Waals surface area contributed by atoms with E-state index in [9.17, 15) is 4.79 Å². The number of thioether (sulfide) groups is 1. The number of rotatable bonds is 5. The Hall–Kier alpha value is -1.94. The van der Waals surface area contributed by atoms with Crippen LogP contribution in [0.5, 0.6) is 0 Å². The van der Waals surface area contributed by atoms with Gasteiger partial charge in [-0.3, -0.25) is 4.79 Å². The van der Waals surface area contributed by atoms with Crippen LogP contribution < -0.4 is 11.1 Å². The second-order valence-corrected chi connectivity index (χ2v) is 6.03. The fraction of sp³-hybridized carbons (Fsp3) is 0.235. The third-order valence-electron chi connectivity index (χ3n) is 3.29. The molecule has 4 heteroatoms. The van der Waals surface area contributed by atoms with E-state index in [0.29, 0.717) is 11.4 Å². The Bertz CT molecular complexity index is 640. The molecule has 0 radical (unpaired) electrons. The summed E-state index contributed by atoms with van der Waals surface area (Å²) in [6, 6.07) is 13.8. The largest absolute Gasteiger partial charge is 0.399 e. The van der Waals surface area contributed by atoms with Gasteiger partial charge in [0.05, 0.1) is 5.75 Å². The number of hydrogen-bond acceptors (Lipinski definition) is 3. The first-order valence-corrected chi connectivity index (χ1v) is 8.00. The first-order valence-electron chi connectivity index (χ1n) is 6.84. The van der Waals surface area contributed by atoms with Gasteiger partial charge in [-0.2, -0.15) is 0 Å². The van der Waals surface area contributed by atoms with Gasteiger partial charge in [-0.15, -0.1) is 11.8 Å². The summed E-state index contributed by atoms with van der Waals surface area (Å²) in [7, 11) is 0. The van der Waals surface area contributed by atoms with Crippen LogP contribution in [0, 0.1) is 13.8 Å². The van der Waals surface area contributed by atoms with Crippen LogP contribution >= 0.6 is 11.8 Å². The van der Waals surface area contributed by atoms with Crippen LogP contribution in [0.3, 0.4) is 0 Å². The van der Waals surface area contributed by atoms with E-state index >= 15 is 0 Å².